The number of carbonyl (C=O) groups excluding carboxylic acids is 2. The SMILES string of the molecule is CCOC(=O)CC1(C(C#N)c2ccccc2-c2cnn(C)c2)CCN(C(=O)[C@](OC)(c2ccccc2)C(F)(F)F)CC1. The molecule has 0 radical (unpaired) electrons. The van der Waals surface area contributed by atoms with Crippen LogP contribution in [-0.4, -0.2) is 59.5 Å². The lowest BCUT2D eigenvalue weighted by atomic mass is 9.63. The van der Waals surface area contributed by atoms with E-state index in [2.05, 4.69) is 11.2 Å². The number of aryl methyl sites for hydroxylation is 1. The summed E-state index contributed by atoms with van der Waals surface area (Å²) in [5.74, 6) is -2.57. The van der Waals surface area contributed by atoms with Crippen molar-refractivity contribution in [1.29, 1.82) is 5.26 Å². The minimum Gasteiger partial charge on any atom is -0.466 e. The molecule has 1 fully saturated rings. The van der Waals surface area contributed by atoms with Crippen molar-refractivity contribution in [3.63, 3.8) is 0 Å². The first-order valence-electron chi connectivity index (χ1n) is 13.6. The minimum atomic E-state index is -5.04. The molecule has 4 rings (SSSR count). The Hall–Kier alpha value is -4.17. The Labute approximate surface area is 242 Å². The number of aromatic nitrogens is 2. The van der Waals surface area contributed by atoms with E-state index >= 15 is 0 Å². The number of nitriles is 1. The smallest absolute Gasteiger partial charge is 0.430 e. The number of halogens is 3. The van der Waals surface area contributed by atoms with Crippen LogP contribution in [0.15, 0.2) is 67.0 Å². The highest BCUT2D eigenvalue weighted by Crippen LogP contribution is 2.51. The van der Waals surface area contributed by atoms with Gasteiger partial charge in [0.1, 0.15) is 0 Å². The average Bonchev–Trinajstić information content (AvgIpc) is 3.40. The summed E-state index contributed by atoms with van der Waals surface area (Å²) >= 11 is 0. The molecule has 3 aromatic rings. The molecule has 1 saturated heterocycles. The van der Waals surface area contributed by atoms with Crippen LogP contribution in [0.5, 0.6) is 0 Å². The molecule has 2 heterocycles. The van der Waals surface area contributed by atoms with Gasteiger partial charge in [-0.2, -0.15) is 23.5 Å². The Morgan fingerprint density at radius 1 is 1.10 bits per heavy atom. The number of hydrogen-bond donors (Lipinski definition) is 0. The first-order chi connectivity index (χ1) is 20.0. The lowest BCUT2D eigenvalue weighted by Gasteiger charge is -2.46. The fourth-order valence-corrected chi connectivity index (χ4v) is 5.96. The van der Waals surface area contributed by atoms with Crippen molar-refractivity contribution in [1.82, 2.24) is 14.7 Å². The monoisotopic (exact) mass is 582 g/mol. The predicted octanol–water partition coefficient (Wildman–Crippen LogP) is 5.36. The third kappa shape index (κ3) is 5.63. The van der Waals surface area contributed by atoms with Crippen LogP contribution in [0.2, 0.25) is 0 Å². The molecule has 1 aliphatic rings. The molecule has 1 amide bonds. The first-order valence-corrected chi connectivity index (χ1v) is 13.6. The summed E-state index contributed by atoms with van der Waals surface area (Å²) in [6.07, 6.45) is -1.48. The zero-order valence-corrected chi connectivity index (χ0v) is 23.7. The molecule has 0 aliphatic carbocycles. The summed E-state index contributed by atoms with van der Waals surface area (Å²) in [4.78, 5) is 27.7. The van der Waals surface area contributed by atoms with Gasteiger partial charge >= 0.3 is 12.1 Å². The van der Waals surface area contributed by atoms with Gasteiger partial charge in [-0.25, -0.2) is 0 Å². The molecule has 2 atom stereocenters. The van der Waals surface area contributed by atoms with Gasteiger partial charge in [-0.15, -0.1) is 0 Å². The number of rotatable bonds is 9. The fourth-order valence-electron chi connectivity index (χ4n) is 5.96. The van der Waals surface area contributed by atoms with Crippen molar-refractivity contribution in [3.8, 4) is 17.2 Å². The highest BCUT2D eigenvalue weighted by Gasteiger charge is 2.64. The third-order valence-corrected chi connectivity index (χ3v) is 8.06. The number of ether oxygens (including phenoxy) is 2. The van der Waals surface area contributed by atoms with E-state index in [1.165, 1.54) is 24.3 Å². The van der Waals surface area contributed by atoms with Gasteiger partial charge in [0.15, 0.2) is 0 Å². The quantitative estimate of drug-likeness (QED) is 0.315. The number of hydrogen-bond acceptors (Lipinski definition) is 6. The Morgan fingerprint density at radius 2 is 1.74 bits per heavy atom. The molecule has 1 aliphatic heterocycles. The Kier molecular flexibility index (Phi) is 9.06. The first kappa shape index (κ1) is 30.8. The van der Waals surface area contributed by atoms with Gasteiger partial charge < -0.3 is 14.4 Å². The molecule has 1 aromatic heterocycles. The summed E-state index contributed by atoms with van der Waals surface area (Å²) in [5, 5.41) is 14.8. The van der Waals surface area contributed by atoms with Crippen molar-refractivity contribution in [2.45, 2.75) is 43.9 Å². The van der Waals surface area contributed by atoms with E-state index < -0.39 is 35.0 Å². The van der Waals surface area contributed by atoms with Crippen LogP contribution in [0, 0.1) is 16.7 Å². The fraction of sp³-hybridized carbons (Fsp3) is 0.419. The van der Waals surface area contributed by atoms with Crippen LogP contribution in [0.25, 0.3) is 11.1 Å². The third-order valence-electron chi connectivity index (χ3n) is 8.06. The van der Waals surface area contributed by atoms with E-state index in [1.54, 1.807) is 37.0 Å². The summed E-state index contributed by atoms with van der Waals surface area (Å²) in [7, 11) is 2.65. The molecule has 0 spiro atoms. The van der Waals surface area contributed by atoms with Gasteiger partial charge in [0, 0.05) is 50.0 Å². The average molecular weight is 583 g/mol. The topological polar surface area (TPSA) is 97.5 Å². The van der Waals surface area contributed by atoms with Gasteiger partial charge in [0.05, 0.1) is 31.2 Å². The van der Waals surface area contributed by atoms with Crippen LogP contribution in [0.4, 0.5) is 13.2 Å². The zero-order valence-electron chi connectivity index (χ0n) is 23.7. The summed E-state index contributed by atoms with van der Waals surface area (Å²) in [6.45, 7) is 1.59. The summed E-state index contributed by atoms with van der Waals surface area (Å²) in [6, 6.07) is 16.5. The molecule has 0 bridgehead atoms. The zero-order chi connectivity index (χ0) is 30.5. The number of carbonyl (C=O) groups is 2. The Morgan fingerprint density at radius 3 is 2.29 bits per heavy atom. The van der Waals surface area contributed by atoms with Crippen LogP contribution < -0.4 is 0 Å². The van der Waals surface area contributed by atoms with Crippen molar-refractivity contribution >= 4 is 11.9 Å². The molecule has 1 unspecified atom stereocenters. The van der Waals surface area contributed by atoms with Crippen LogP contribution in [0.3, 0.4) is 0 Å². The van der Waals surface area contributed by atoms with E-state index in [0.717, 1.165) is 23.1 Å². The Bertz CT molecular complexity index is 1440. The molecular weight excluding hydrogens is 549 g/mol. The van der Waals surface area contributed by atoms with Gasteiger partial charge in [-0.05, 0) is 30.9 Å². The predicted molar refractivity (Wildman–Crippen MR) is 148 cm³/mol. The van der Waals surface area contributed by atoms with E-state index in [9.17, 15) is 28.0 Å². The number of alkyl halides is 3. The molecular formula is C31H33F3N4O4. The van der Waals surface area contributed by atoms with Crippen molar-refractivity contribution in [2.24, 2.45) is 12.5 Å². The van der Waals surface area contributed by atoms with Crippen molar-refractivity contribution in [3.05, 3.63) is 78.1 Å². The molecule has 42 heavy (non-hydrogen) atoms. The number of methoxy groups -OCH3 is 1. The maximum absolute atomic E-state index is 14.6. The van der Waals surface area contributed by atoms with Crippen LogP contribution >= 0.6 is 0 Å². The lowest BCUT2D eigenvalue weighted by Crippen LogP contribution is -2.59. The van der Waals surface area contributed by atoms with Gasteiger partial charge in [0.2, 0.25) is 0 Å². The number of nitrogens with zero attached hydrogens (tertiary/aromatic N) is 4. The minimum absolute atomic E-state index is 0.101. The molecule has 0 saturated carbocycles. The van der Waals surface area contributed by atoms with Crippen molar-refractivity contribution in [2.75, 3.05) is 26.8 Å². The molecule has 2 aromatic carbocycles. The van der Waals surface area contributed by atoms with Gasteiger partial charge in [-0.1, -0.05) is 54.6 Å². The highest BCUT2D eigenvalue weighted by molar-refractivity contribution is 5.88. The summed E-state index contributed by atoms with van der Waals surface area (Å²) < 4.78 is 55.7. The second-order valence-corrected chi connectivity index (χ2v) is 10.4. The number of likely N-dealkylation sites (tertiary alicyclic amines) is 1. The molecule has 222 valence electrons. The second-order valence-electron chi connectivity index (χ2n) is 10.4. The standard InChI is InChI=1S/C31H33F3N4O4/c1-4-42-27(39)18-29(26(19-35)25-13-9-8-12-24(25)22-20-36-37(2)21-22)14-16-38(17-15-29)28(40)30(41-3,31(32,33)34)23-10-6-5-7-11-23/h5-13,20-21,26H,4,14-18H2,1-3H3/t26?,30-/m1/s1. The van der Waals surface area contributed by atoms with E-state index in [-0.39, 0.29) is 44.5 Å². The Balaban J connectivity index is 1.72. The lowest BCUT2D eigenvalue weighted by molar-refractivity contribution is -0.271. The number of amides is 1. The maximum Gasteiger partial charge on any atom is 0.430 e. The van der Waals surface area contributed by atoms with E-state index in [0.29, 0.717) is 5.56 Å². The molecule has 8 nitrogen and oxygen atoms in total. The van der Waals surface area contributed by atoms with Gasteiger partial charge in [-0.3, -0.25) is 14.3 Å². The highest BCUT2D eigenvalue weighted by atomic mass is 19.4. The van der Waals surface area contributed by atoms with Gasteiger partial charge in [0.25, 0.3) is 11.5 Å². The van der Waals surface area contributed by atoms with E-state index in [4.69, 9.17) is 9.47 Å². The normalized spacial score (nSPS) is 17.1. The molecule has 11 heteroatoms. The maximum atomic E-state index is 14.6. The number of benzene rings is 2. The number of esters is 1. The molecule has 0 N–H and O–H groups in total. The van der Waals surface area contributed by atoms with Crippen LogP contribution in [0.1, 0.15) is 43.2 Å². The second kappa shape index (κ2) is 12.4. The largest absolute Gasteiger partial charge is 0.466 e. The number of piperidine rings is 1. The van der Waals surface area contributed by atoms with Crippen molar-refractivity contribution < 1.29 is 32.2 Å². The summed E-state index contributed by atoms with van der Waals surface area (Å²) in [5.41, 5.74) is -2.31. The van der Waals surface area contributed by atoms with Crippen LogP contribution in [-0.2, 0) is 31.7 Å². The van der Waals surface area contributed by atoms with E-state index in [1.807, 2.05) is 24.4 Å².